The topological polar surface area (TPSA) is 51.7 Å². The van der Waals surface area contributed by atoms with Crippen LogP contribution in [0.5, 0.6) is 5.75 Å². The minimum Gasteiger partial charge on any atom is -0.494 e. The second kappa shape index (κ2) is 9.88. The highest BCUT2D eigenvalue weighted by molar-refractivity contribution is 5.85. The lowest BCUT2D eigenvalue weighted by molar-refractivity contribution is 0.0175. The van der Waals surface area contributed by atoms with E-state index in [-0.39, 0.29) is 25.4 Å². The third-order valence-electron chi connectivity index (χ3n) is 7.55. The van der Waals surface area contributed by atoms with E-state index in [0.717, 1.165) is 48.5 Å². The Morgan fingerprint density at radius 2 is 1.89 bits per heavy atom. The number of halogens is 2. The van der Waals surface area contributed by atoms with Gasteiger partial charge in [-0.1, -0.05) is 30.3 Å². The van der Waals surface area contributed by atoms with Gasteiger partial charge in [-0.15, -0.1) is 0 Å². The van der Waals surface area contributed by atoms with E-state index < -0.39 is 12.3 Å². The van der Waals surface area contributed by atoms with Crippen molar-refractivity contribution in [1.29, 1.82) is 0 Å². The van der Waals surface area contributed by atoms with Crippen LogP contribution in [0.3, 0.4) is 0 Å². The molecule has 3 atom stereocenters. The molecule has 0 spiro atoms. The lowest BCUT2D eigenvalue weighted by Gasteiger charge is -2.43. The Balaban J connectivity index is 1.39. The van der Waals surface area contributed by atoms with Gasteiger partial charge in [-0.05, 0) is 61.9 Å². The van der Waals surface area contributed by atoms with Gasteiger partial charge in [0.2, 0.25) is 0 Å². The van der Waals surface area contributed by atoms with E-state index in [1.165, 1.54) is 17.9 Å². The number of nitrogens with zero attached hydrogens (tertiary/aromatic N) is 2. The summed E-state index contributed by atoms with van der Waals surface area (Å²) in [5.41, 5.74) is 2.82. The van der Waals surface area contributed by atoms with Crippen LogP contribution in [0, 0.1) is 5.92 Å². The molecule has 0 amide bonds. The predicted molar refractivity (Wildman–Crippen MR) is 134 cm³/mol. The maximum Gasteiger partial charge on any atom is 0.143 e. The highest BCUT2D eigenvalue weighted by atomic mass is 19.1. The van der Waals surface area contributed by atoms with Gasteiger partial charge in [0, 0.05) is 42.3 Å². The number of nitrogens with one attached hydrogen (secondary N) is 1. The number of rotatable bonds is 9. The molecule has 0 bridgehead atoms. The summed E-state index contributed by atoms with van der Waals surface area (Å²) in [4.78, 5) is 7.56. The fraction of sp³-hybridized carbons (Fsp3) is 0.500. The smallest absolute Gasteiger partial charge is 0.143 e. The summed E-state index contributed by atoms with van der Waals surface area (Å²) < 4.78 is 33.6. The largest absolute Gasteiger partial charge is 0.494 e. The van der Waals surface area contributed by atoms with Crippen LogP contribution in [-0.2, 0) is 6.42 Å². The molecular formula is C28H35F2N3O2. The van der Waals surface area contributed by atoms with Crippen molar-refractivity contribution in [3.05, 3.63) is 65.4 Å². The number of aromatic nitrogens is 1. The Kier molecular flexibility index (Phi) is 6.84. The minimum absolute atomic E-state index is 0.107. The molecule has 7 heteroatoms. The monoisotopic (exact) mass is 483 g/mol. The summed E-state index contributed by atoms with van der Waals surface area (Å²) in [7, 11) is 0. The molecule has 2 aliphatic heterocycles. The normalized spacial score (nSPS) is 23.1. The van der Waals surface area contributed by atoms with Gasteiger partial charge in [0.15, 0.2) is 0 Å². The highest BCUT2D eigenvalue weighted by Gasteiger charge is 2.39. The van der Waals surface area contributed by atoms with Crippen molar-refractivity contribution in [2.75, 3.05) is 39.6 Å². The molecule has 1 saturated heterocycles. The molecule has 0 radical (unpaired) electrons. The number of alkyl halides is 2. The number of hydrogen-bond acceptors (Lipinski definition) is 4. The maximum atomic E-state index is 15.1. The van der Waals surface area contributed by atoms with E-state index in [9.17, 15) is 9.50 Å². The molecule has 2 aliphatic rings. The van der Waals surface area contributed by atoms with Crippen LogP contribution in [-0.4, -0.2) is 71.2 Å². The fourth-order valence-corrected chi connectivity index (χ4v) is 5.59. The van der Waals surface area contributed by atoms with Crippen LogP contribution >= 0.6 is 0 Å². The van der Waals surface area contributed by atoms with Gasteiger partial charge >= 0.3 is 0 Å². The van der Waals surface area contributed by atoms with Crippen molar-refractivity contribution in [3.63, 3.8) is 0 Å². The molecule has 5 nitrogen and oxygen atoms in total. The first-order valence-electron chi connectivity index (χ1n) is 12.5. The number of fused-ring (bicyclic) bond motifs is 3. The average Bonchev–Trinajstić information content (AvgIpc) is 3.19. The minimum atomic E-state index is -1.70. The number of aliphatic hydroxyl groups excluding tert-OH is 1. The number of aromatic amines is 1. The van der Waals surface area contributed by atoms with Gasteiger partial charge < -0.3 is 14.8 Å². The number of hydrogen-bond donors (Lipinski definition) is 2. The summed E-state index contributed by atoms with van der Waals surface area (Å²) in [5.74, 6) is 1.30. The summed E-state index contributed by atoms with van der Waals surface area (Å²) in [6.07, 6.45) is 1.74. The van der Waals surface area contributed by atoms with Crippen molar-refractivity contribution < 1.29 is 18.6 Å². The molecule has 1 fully saturated rings. The molecule has 188 valence electrons. The summed E-state index contributed by atoms with van der Waals surface area (Å²) >= 11 is 0. The Hall–Kier alpha value is -2.48. The van der Waals surface area contributed by atoms with Crippen LogP contribution < -0.4 is 4.74 Å². The fourth-order valence-electron chi connectivity index (χ4n) is 5.59. The number of benzene rings is 2. The first kappa shape index (κ1) is 24.2. The Labute approximate surface area is 205 Å². The lowest BCUT2D eigenvalue weighted by atomic mass is 9.87. The zero-order valence-electron chi connectivity index (χ0n) is 20.5. The van der Waals surface area contributed by atoms with Crippen molar-refractivity contribution in [2.45, 2.75) is 44.4 Å². The predicted octanol–water partition coefficient (Wildman–Crippen LogP) is 4.85. The highest BCUT2D eigenvalue weighted by Crippen LogP contribution is 2.42. The van der Waals surface area contributed by atoms with E-state index in [4.69, 9.17) is 4.74 Å². The van der Waals surface area contributed by atoms with Gasteiger partial charge in [0.05, 0.1) is 19.3 Å². The average molecular weight is 484 g/mol. The van der Waals surface area contributed by atoms with Crippen LogP contribution in [0.2, 0.25) is 0 Å². The molecule has 1 unspecified atom stereocenters. The second-order valence-electron chi connectivity index (χ2n) is 10.5. The second-order valence-corrected chi connectivity index (χ2v) is 10.5. The summed E-state index contributed by atoms with van der Waals surface area (Å²) in [5, 5.41) is 10.9. The maximum absolute atomic E-state index is 15.1. The van der Waals surface area contributed by atoms with Crippen molar-refractivity contribution in [1.82, 2.24) is 14.8 Å². The van der Waals surface area contributed by atoms with E-state index in [0.29, 0.717) is 12.5 Å². The molecule has 1 aromatic heterocycles. The molecular weight excluding hydrogens is 448 g/mol. The molecule has 0 saturated carbocycles. The first-order chi connectivity index (χ1) is 16.9. The number of para-hydroxylation sites is 1. The standard InChI is InChI=1S/C28H35F2N3O2/c1-19-13-24-23-5-3-4-6-25(23)31-26(24)27(33(19)16-28(2,30)17-34)21-7-9-22(10-8-21)35-12-11-20-14-32(15-20)18-29/h3-10,19-20,27,31,34H,11-18H2,1-2H3/t19-,27-,28?/m1/s1. The van der Waals surface area contributed by atoms with Crippen molar-refractivity contribution in [2.24, 2.45) is 5.92 Å². The van der Waals surface area contributed by atoms with E-state index >= 15 is 4.39 Å². The Morgan fingerprint density at radius 1 is 1.14 bits per heavy atom. The van der Waals surface area contributed by atoms with E-state index in [1.54, 1.807) is 4.90 Å². The van der Waals surface area contributed by atoms with E-state index in [2.05, 4.69) is 47.1 Å². The number of likely N-dealkylation sites (tertiary alicyclic amines) is 1. The van der Waals surface area contributed by atoms with Crippen LogP contribution in [0.4, 0.5) is 8.78 Å². The van der Waals surface area contributed by atoms with Gasteiger partial charge in [0.25, 0.3) is 0 Å². The number of ether oxygens (including phenoxy) is 1. The third-order valence-corrected chi connectivity index (χ3v) is 7.55. The number of aliphatic hydroxyl groups is 1. The molecule has 3 aromatic rings. The zero-order valence-corrected chi connectivity index (χ0v) is 20.5. The zero-order chi connectivity index (χ0) is 24.6. The molecule has 2 aromatic carbocycles. The molecule has 0 aliphatic carbocycles. The first-order valence-corrected chi connectivity index (χ1v) is 12.5. The number of H-pyrrole nitrogens is 1. The molecule has 35 heavy (non-hydrogen) atoms. The van der Waals surface area contributed by atoms with Gasteiger partial charge in [-0.3, -0.25) is 9.80 Å². The molecule has 2 N–H and O–H groups in total. The molecule has 3 heterocycles. The quantitative estimate of drug-likeness (QED) is 0.427. The van der Waals surface area contributed by atoms with Gasteiger partial charge in [0.1, 0.15) is 18.2 Å². The summed E-state index contributed by atoms with van der Waals surface area (Å²) in [6, 6.07) is 16.3. The Bertz CT molecular complexity index is 1140. The van der Waals surface area contributed by atoms with Crippen molar-refractivity contribution in [3.8, 4) is 5.75 Å². The third kappa shape index (κ3) is 4.95. The Morgan fingerprint density at radius 3 is 2.60 bits per heavy atom. The lowest BCUT2D eigenvalue weighted by Crippen LogP contribution is -2.49. The van der Waals surface area contributed by atoms with Crippen molar-refractivity contribution >= 4 is 10.9 Å². The SMILES string of the molecule is C[C@@H]1Cc2c([nH]c3ccccc23)[C@@H](c2ccc(OCCC3CN(CF)C3)cc2)N1CC(C)(F)CO. The van der Waals surface area contributed by atoms with Crippen LogP contribution in [0.15, 0.2) is 48.5 Å². The van der Waals surface area contributed by atoms with Crippen LogP contribution in [0.1, 0.15) is 43.1 Å². The van der Waals surface area contributed by atoms with Gasteiger partial charge in [-0.2, -0.15) is 0 Å². The van der Waals surface area contributed by atoms with Gasteiger partial charge in [-0.25, -0.2) is 8.78 Å². The summed E-state index contributed by atoms with van der Waals surface area (Å²) in [6.45, 7) is 5.08. The van der Waals surface area contributed by atoms with E-state index in [1.807, 2.05) is 18.2 Å². The molecule has 5 rings (SSSR count). The van der Waals surface area contributed by atoms with Crippen LogP contribution in [0.25, 0.3) is 10.9 Å².